The lowest BCUT2D eigenvalue weighted by molar-refractivity contribution is 1.28. The molecule has 0 atom stereocenters. The van der Waals surface area contributed by atoms with Gasteiger partial charge < -0.3 is 4.90 Å². The summed E-state index contributed by atoms with van der Waals surface area (Å²) in [6.07, 6.45) is 0. The number of hydrogen-bond acceptors (Lipinski definition) is 1. The van der Waals surface area contributed by atoms with Crippen LogP contribution in [0.4, 0.5) is 17.1 Å². The maximum Gasteiger partial charge on any atom is 0.0540 e. The van der Waals surface area contributed by atoms with Gasteiger partial charge in [-0.25, -0.2) is 0 Å². The van der Waals surface area contributed by atoms with Crippen molar-refractivity contribution in [3.05, 3.63) is 261 Å². The van der Waals surface area contributed by atoms with Crippen molar-refractivity contribution in [3.8, 4) is 55.6 Å². The minimum atomic E-state index is 1.09. The first kappa shape index (κ1) is 38.2. The van der Waals surface area contributed by atoms with Crippen molar-refractivity contribution in [3.63, 3.8) is 0 Å². The second kappa shape index (κ2) is 16.3. The van der Waals surface area contributed by atoms with Gasteiger partial charge in [-0.15, -0.1) is 0 Å². The maximum atomic E-state index is 2.45. The van der Waals surface area contributed by atoms with Crippen LogP contribution in [0.15, 0.2) is 261 Å². The Kier molecular flexibility index (Phi) is 9.58. The molecule has 12 rings (SSSR count). The molecule has 0 aromatic heterocycles. The fourth-order valence-corrected chi connectivity index (χ4v) is 9.89. The van der Waals surface area contributed by atoms with E-state index in [1.165, 1.54) is 87.6 Å². The van der Waals surface area contributed by atoms with Crippen LogP contribution >= 0.6 is 0 Å². The molecule has 0 bridgehead atoms. The second-order valence-corrected chi connectivity index (χ2v) is 16.9. The number of rotatable bonds is 8. The van der Waals surface area contributed by atoms with E-state index in [0.29, 0.717) is 0 Å². The summed E-state index contributed by atoms with van der Waals surface area (Å²) >= 11 is 0. The van der Waals surface area contributed by atoms with Crippen molar-refractivity contribution < 1.29 is 0 Å². The highest BCUT2D eigenvalue weighted by Crippen LogP contribution is 2.48. The highest BCUT2D eigenvalue weighted by Gasteiger charge is 2.22. The van der Waals surface area contributed by atoms with Crippen molar-refractivity contribution in [1.82, 2.24) is 0 Å². The van der Waals surface area contributed by atoms with Crippen LogP contribution in [0.1, 0.15) is 0 Å². The number of para-hydroxylation sites is 1. The van der Waals surface area contributed by atoms with E-state index in [9.17, 15) is 0 Å². The number of hydrogen-bond donors (Lipinski definition) is 0. The van der Waals surface area contributed by atoms with Crippen LogP contribution in [0, 0.1) is 0 Å². The predicted octanol–water partition coefficient (Wildman–Crippen LogP) is 18.1. The first-order valence-electron chi connectivity index (χ1n) is 22.4. The third-order valence-electron chi connectivity index (χ3n) is 13.0. The van der Waals surface area contributed by atoms with Crippen LogP contribution in [0.2, 0.25) is 0 Å². The zero-order chi connectivity index (χ0) is 43.1. The van der Waals surface area contributed by atoms with Gasteiger partial charge in [-0.1, -0.05) is 212 Å². The largest absolute Gasteiger partial charge is 0.310 e. The molecule has 0 saturated carbocycles. The summed E-state index contributed by atoms with van der Waals surface area (Å²) in [6, 6.07) is 95.5. The molecular weight excluding hydrogens is 783 g/mol. The van der Waals surface area contributed by atoms with Crippen LogP contribution in [-0.2, 0) is 0 Å². The Labute approximate surface area is 379 Å². The van der Waals surface area contributed by atoms with E-state index in [0.717, 1.165) is 28.2 Å². The molecule has 1 heteroatoms. The third-order valence-corrected chi connectivity index (χ3v) is 13.0. The van der Waals surface area contributed by atoms with Crippen LogP contribution < -0.4 is 4.90 Å². The molecular formula is C64H43N. The van der Waals surface area contributed by atoms with Crippen molar-refractivity contribution in [1.29, 1.82) is 0 Å². The fraction of sp³-hybridized carbons (Fsp3) is 0. The van der Waals surface area contributed by atoms with Crippen LogP contribution in [0.3, 0.4) is 0 Å². The minimum Gasteiger partial charge on any atom is -0.310 e. The molecule has 0 N–H and O–H groups in total. The SMILES string of the molecule is c1ccc(-c2c(-c3ccccc3)c3cc(-c4ccccc4N(c4cccc(-c5ccc6ccccc6c5)c4)c4cccc(-c5ccc6ccccc6c5)c4)ccc3c3ccccc23)cc1. The number of nitrogens with zero attached hydrogens (tertiary/aromatic N) is 1. The van der Waals surface area contributed by atoms with E-state index in [1.807, 2.05) is 0 Å². The van der Waals surface area contributed by atoms with E-state index in [-0.39, 0.29) is 0 Å². The molecule has 0 fully saturated rings. The van der Waals surface area contributed by atoms with Crippen molar-refractivity contribution >= 4 is 60.2 Å². The Morgan fingerprint density at radius 1 is 0.215 bits per heavy atom. The topological polar surface area (TPSA) is 3.24 Å². The maximum absolute atomic E-state index is 2.45. The fourth-order valence-electron chi connectivity index (χ4n) is 9.89. The van der Waals surface area contributed by atoms with Crippen molar-refractivity contribution in [2.45, 2.75) is 0 Å². The normalized spacial score (nSPS) is 11.4. The number of fused-ring (bicyclic) bond motifs is 5. The summed E-state index contributed by atoms with van der Waals surface area (Å²) < 4.78 is 0. The van der Waals surface area contributed by atoms with Gasteiger partial charge in [0.1, 0.15) is 0 Å². The van der Waals surface area contributed by atoms with Gasteiger partial charge in [0, 0.05) is 16.9 Å². The lowest BCUT2D eigenvalue weighted by Gasteiger charge is -2.29. The van der Waals surface area contributed by atoms with Gasteiger partial charge in [0.15, 0.2) is 0 Å². The van der Waals surface area contributed by atoms with Crippen molar-refractivity contribution in [2.24, 2.45) is 0 Å². The molecule has 0 saturated heterocycles. The van der Waals surface area contributed by atoms with Gasteiger partial charge in [0.2, 0.25) is 0 Å². The molecule has 0 amide bonds. The standard InChI is InChI=1S/C64H43N/c1-3-19-46(20-4-1)63-60-31-12-11-30-58(60)59-38-37-54(43-61(59)64(63)47-21-5-2-6-22-47)57-29-13-14-32-62(57)65(55-27-15-25-50(41-55)52-35-33-44-17-7-9-23-48(44)39-52)56-28-16-26-51(42-56)53-36-34-45-18-8-10-24-49(45)40-53/h1-43H. The summed E-state index contributed by atoms with van der Waals surface area (Å²) in [5.41, 5.74) is 15.2. The summed E-state index contributed by atoms with van der Waals surface area (Å²) in [5, 5.41) is 9.91. The van der Waals surface area contributed by atoms with Gasteiger partial charge in [-0.3, -0.25) is 0 Å². The Bertz CT molecular complexity index is 3590. The molecule has 304 valence electrons. The lowest BCUT2D eigenvalue weighted by atomic mass is 9.84. The molecule has 0 aliphatic heterocycles. The molecule has 1 nitrogen and oxygen atoms in total. The average Bonchev–Trinajstić information content (AvgIpc) is 3.38. The van der Waals surface area contributed by atoms with Crippen LogP contribution in [0.5, 0.6) is 0 Å². The Morgan fingerprint density at radius 3 is 1.25 bits per heavy atom. The summed E-state index contributed by atoms with van der Waals surface area (Å²) in [4.78, 5) is 2.45. The van der Waals surface area contributed by atoms with Gasteiger partial charge in [-0.2, -0.15) is 0 Å². The zero-order valence-corrected chi connectivity index (χ0v) is 35.8. The van der Waals surface area contributed by atoms with E-state index in [1.54, 1.807) is 0 Å². The number of benzene rings is 12. The van der Waals surface area contributed by atoms with E-state index >= 15 is 0 Å². The van der Waals surface area contributed by atoms with Crippen molar-refractivity contribution in [2.75, 3.05) is 4.90 Å². The van der Waals surface area contributed by atoms with Gasteiger partial charge in [0.25, 0.3) is 0 Å². The second-order valence-electron chi connectivity index (χ2n) is 16.9. The van der Waals surface area contributed by atoms with Gasteiger partial charge in [-0.05, 0) is 142 Å². The first-order chi connectivity index (χ1) is 32.2. The van der Waals surface area contributed by atoms with Gasteiger partial charge >= 0.3 is 0 Å². The Balaban J connectivity index is 1.08. The molecule has 0 heterocycles. The van der Waals surface area contributed by atoms with Crippen LogP contribution in [0.25, 0.3) is 98.7 Å². The highest BCUT2D eigenvalue weighted by molar-refractivity contribution is 6.22. The van der Waals surface area contributed by atoms with Crippen LogP contribution in [-0.4, -0.2) is 0 Å². The summed E-state index contributed by atoms with van der Waals surface area (Å²) in [5.74, 6) is 0. The van der Waals surface area contributed by atoms with E-state index < -0.39 is 0 Å². The molecule has 0 radical (unpaired) electrons. The quantitative estimate of drug-likeness (QED) is 0.138. The lowest BCUT2D eigenvalue weighted by Crippen LogP contribution is -2.11. The number of anilines is 3. The smallest absolute Gasteiger partial charge is 0.0540 e. The Hall–Kier alpha value is -8.52. The molecule has 0 unspecified atom stereocenters. The van der Waals surface area contributed by atoms with E-state index in [2.05, 4.69) is 266 Å². The molecule has 65 heavy (non-hydrogen) atoms. The monoisotopic (exact) mass is 825 g/mol. The van der Waals surface area contributed by atoms with E-state index in [4.69, 9.17) is 0 Å². The minimum absolute atomic E-state index is 1.09. The third kappa shape index (κ3) is 7.01. The molecule has 12 aromatic carbocycles. The Morgan fingerprint density at radius 2 is 0.646 bits per heavy atom. The average molecular weight is 826 g/mol. The summed E-state index contributed by atoms with van der Waals surface area (Å²) in [7, 11) is 0. The molecule has 12 aromatic rings. The first-order valence-corrected chi connectivity index (χ1v) is 22.4. The molecule has 0 spiro atoms. The molecule has 0 aliphatic rings. The predicted molar refractivity (Wildman–Crippen MR) is 278 cm³/mol. The van der Waals surface area contributed by atoms with Gasteiger partial charge in [0.05, 0.1) is 5.69 Å². The zero-order valence-electron chi connectivity index (χ0n) is 35.8. The highest BCUT2D eigenvalue weighted by atomic mass is 15.1. The molecule has 0 aliphatic carbocycles. The summed E-state index contributed by atoms with van der Waals surface area (Å²) in [6.45, 7) is 0.